The third kappa shape index (κ3) is 4.76. The van der Waals surface area contributed by atoms with Gasteiger partial charge < -0.3 is 4.48 Å². The Morgan fingerprint density at radius 2 is 1.50 bits per heavy atom. The smallest absolute Gasteiger partial charge is 0.0811 e. The molecule has 0 aromatic heterocycles. The van der Waals surface area contributed by atoms with Crippen molar-refractivity contribution in [3.8, 4) is 0 Å². The van der Waals surface area contributed by atoms with Gasteiger partial charge in [-0.15, -0.1) is 0 Å². The molecule has 0 aliphatic rings. The summed E-state index contributed by atoms with van der Waals surface area (Å²) in [5.41, 5.74) is 0. The predicted octanol–water partition coefficient (Wildman–Crippen LogP) is 2.76. The van der Waals surface area contributed by atoms with Crippen molar-refractivity contribution in [3.05, 3.63) is 0 Å². The Hall–Kier alpha value is -0.0400. The van der Waals surface area contributed by atoms with Gasteiger partial charge in [0, 0.05) is 5.92 Å². The van der Waals surface area contributed by atoms with Crippen LogP contribution in [0.3, 0.4) is 0 Å². The van der Waals surface area contributed by atoms with E-state index in [4.69, 9.17) is 0 Å². The summed E-state index contributed by atoms with van der Waals surface area (Å²) in [5.74, 6) is 1.78. The van der Waals surface area contributed by atoms with E-state index in [9.17, 15) is 0 Å². The summed E-state index contributed by atoms with van der Waals surface area (Å²) in [6.07, 6.45) is 2.64. The molecule has 0 fully saturated rings. The second kappa shape index (κ2) is 4.86. The lowest BCUT2D eigenvalue weighted by Gasteiger charge is -2.31. The van der Waals surface area contributed by atoms with Gasteiger partial charge in [-0.25, -0.2) is 0 Å². The fraction of sp³-hybridized carbons (Fsp3) is 1.00. The quantitative estimate of drug-likeness (QED) is 0.559. The highest BCUT2D eigenvalue weighted by Crippen LogP contribution is 2.20. The summed E-state index contributed by atoms with van der Waals surface area (Å²) in [4.78, 5) is 0. The van der Waals surface area contributed by atoms with Crippen LogP contribution in [-0.2, 0) is 0 Å². The number of quaternary nitrogens is 1. The molecule has 1 nitrogen and oxygen atoms in total. The van der Waals surface area contributed by atoms with Crippen LogP contribution in [0.1, 0.15) is 33.6 Å². The second-order valence-electron chi connectivity index (χ2n) is 5.03. The molecule has 0 saturated heterocycles. The van der Waals surface area contributed by atoms with Crippen molar-refractivity contribution in [2.24, 2.45) is 11.8 Å². The summed E-state index contributed by atoms with van der Waals surface area (Å²) in [5, 5.41) is 0. The molecule has 0 radical (unpaired) electrons. The third-order valence-corrected chi connectivity index (χ3v) is 2.76. The first-order valence-electron chi connectivity index (χ1n) is 5.21. The fourth-order valence-electron chi connectivity index (χ4n) is 1.75. The molecule has 0 spiro atoms. The van der Waals surface area contributed by atoms with Crippen molar-refractivity contribution in [1.82, 2.24) is 0 Å². The number of rotatable bonds is 5. The molecule has 0 N–H and O–H groups in total. The number of hydrogen-bond acceptors (Lipinski definition) is 0. The minimum atomic E-state index is 0.882. The van der Waals surface area contributed by atoms with Gasteiger partial charge in [-0.1, -0.05) is 27.2 Å². The molecule has 2 atom stereocenters. The molecule has 12 heavy (non-hydrogen) atoms. The van der Waals surface area contributed by atoms with Crippen LogP contribution >= 0.6 is 0 Å². The minimum absolute atomic E-state index is 0.882. The Morgan fingerprint density at radius 1 is 1.00 bits per heavy atom. The lowest BCUT2D eigenvalue weighted by Crippen LogP contribution is -2.40. The average molecular weight is 172 g/mol. The van der Waals surface area contributed by atoms with E-state index in [1.54, 1.807) is 0 Å². The Bertz CT molecular complexity index is 113. The van der Waals surface area contributed by atoms with E-state index in [1.807, 2.05) is 0 Å². The van der Waals surface area contributed by atoms with E-state index in [1.165, 1.54) is 19.4 Å². The van der Waals surface area contributed by atoms with Gasteiger partial charge in [0.25, 0.3) is 0 Å². The lowest BCUT2D eigenvalue weighted by molar-refractivity contribution is -0.874. The van der Waals surface area contributed by atoms with Gasteiger partial charge in [0.05, 0.1) is 27.7 Å². The predicted molar refractivity (Wildman–Crippen MR) is 56.1 cm³/mol. The van der Waals surface area contributed by atoms with E-state index in [0.29, 0.717) is 0 Å². The largest absolute Gasteiger partial charge is 0.331 e. The highest BCUT2D eigenvalue weighted by Gasteiger charge is 2.20. The Kier molecular flexibility index (Phi) is 4.84. The Morgan fingerprint density at radius 3 is 1.75 bits per heavy atom. The summed E-state index contributed by atoms with van der Waals surface area (Å²) in [6.45, 7) is 8.30. The van der Waals surface area contributed by atoms with Gasteiger partial charge >= 0.3 is 0 Å². The van der Waals surface area contributed by atoms with Crippen LogP contribution in [0.2, 0.25) is 0 Å². The van der Waals surface area contributed by atoms with Crippen LogP contribution in [0.15, 0.2) is 0 Å². The van der Waals surface area contributed by atoms with Crippen LogP contribution in [0.25, 0.3) is 0 Å². The maximum Gasteiger partial charge on any atom is 0.0811 e. The van der Waals surface area contributed by atoms with Gasteiger partial charge in [-0.2, -0.15) is 0 Å². The standard InChI is InChI=1S/C11H26N/c1-7-10(3)11(8-2)9-12(4,5)6/h10-11H,7-9H2,1-6H3/q+1. The van der Waals surface area contributed by atoms with Crippen molar-refractivity contribution in [1.29, 1.82) is 0 Å². The van der Waals surface area contributed by atoms with Crippen molar-refractivity contribution in [3.63, 3.8) is 0 Å². The summed E-state index contributed by atoms with van der Waals surface area (Å²) in [6, 6.07) is 0. The number of nitrogens with zero attached hydrogens (tertiary/aromatic N) is 1. The van der Waals surface area contributed by atoms with Gasteiger partial charge in [-0.05, 0) is 12.3 Å². The van der Waals surface area contributed by atoms with Crippen LogP contribution in [0, 0.1) is 11.8 Å². The molecular weight excluding hydrogens is 146 g/mol. The highest BCUT2D eigenvalue weighted by molar-refractivity contribution is 4.62. The second-order valence-corrected chi connectivity index (χ2v) is 5.03. The average Bonchev–Trinajstić information content (AvgIpc) is 1.97. The van der Waals surface area contributed by atoms with Crippen LogP contribution in [0.5, 0.6) is 0 Å². The third-order valence-electron chi connectivity index (χ3n) is 2.76. The normalized spacial score (nSPS) is 17.5. The molecule has 0 saturated carbocycles. The maximum atomic E-state index is 2.38. The molecule has 0 rings (SSSR count). The minimum Gasteiger partial charge on any atom is -0.331 e. The first-order valence-corrected chi connectivity index (χ1v) is 5.21. The molecule has 0 aliphatic carbocycles. The molecule has 0 amide bonds. The van der Waals surface area contributed by atoms with E-state index in [0.717, 1.165) is 16.3 Å². The highest BCUT2D eigenvalue weighted by atomic mass is 15.3. The SMILES string of the molecule is CCC(C)C(CC)C[N+](C)(C)C. The van der Waals surface area contributed by atoms with E-state index in [2.05, 4.69) is 41.9 Å². The molecule has 0 aliphatic heterocycles. The van der Waals surface area contributed by atoms with Crippen molar-refractivity contribution >= 4 is 0 Å². The zero-order chi connectivity index (χ0) is 9.78. The summed E-state index contributed by atoms with van der Waals surface area (Å²) >= 11 is 0. The van der Waals surface area contributed by atoms with E-state index >= 15 is 0 Å². The zero-order valence-electron chi connectivity index (χ0n) is 9.72. The summed E-state index contributed by atoms with van der Waals surface area (Å²) in [7, 11) is 6.85. The van der Waals surface area contributed by atoms with Crippen molar-refractivity contribution in [2.75, 3.05) is 27.7 Å². The molecule has 2 unspecified atom stereocenters. The van der Waals surface area contributed by atoms with Crippen LogP contribution < -0.4 is 0 Å². The van der Waals surface area contributed by atoms with Crippen molar-refractivity contribution < 1.29 is 4.48 Å². The van der Waals surface area contributed by atoms with Crippen LogP contribution in [-0.4, -0.2) is 32.2 Å². The lowest BCUT2D eigenvalue weighted by atomic mass is 9.89. The first-order chi connectivity index (χ1) is 5.40. The Balaban J connectivity index is 3.99. The van der Waals surface area contributed by atoms with Crippen molar-refractivity contribution in [2.45, 2.75) is 33.6 Å². The monoisotopic (exact) mass is 172 g/mol. The maximum absolute atomic E-state index is 2.38. The molecule has 0 aromatic rings. The molecule has 1 heteroatoms. The molecule has 0 bridgehead atoms. The van der Waals surface area contributed by atoms with Gasteiger partial charge in [0.2, 0.25) is 0 Å². The topological polar surface area (TPSA) is 0 Å². The molecule has 0 heterocycles. The zero-order valence-corrected chi connectivity index (χ0v) is 9.72. The van der Waals surface area contributed by atoms with Gasteiger partial charge in [0.15, 0.2) is 0 Å². The first kappa shape index (κ1) is 12.0. The van der Waals surface area contributed by atoms with Crippen LogP contribution in [0.4, 0.5) is 0 Å². The summed E-state index contributed by atoms with van der Waals surface area (Å²) < 4.78 is 1.10. The molecular formula is C11H26N+. The number of hydrogen-bond donors (Lipinski definition) is 0. The van der Waals surface area contributed by atoms with Gasteiger partial charge in [-0.3, -0.25) is 0 Å². The van der Waals surface area contributed by atoms with Gasteiger partial charge in [0.1, 0.15) is 0 Å². The molecule has 74 valence electrons. The van der Waals surface area contributed by atoms with E-state index in [-0.39, 0.29) is 0 Å². The molecule has 0 aromatic carbocycles. The van der Waals surface area contributed by atoms with E-state index < -0.39 is 0 Å². The fourth-order valence-corrected chi connectivity index (χ4v) is 1.75. The Labute approximate surface area is 78.4 Å².